The highest BCUT2D eigenvalue weighted by Gasteiger charge is 2.49. The first-order chi connectivity index (χ1) is 22.6. The van der Waals surface area contributed by atoms with Gasteiger partial charge in [0.1, 0.15) is 12.2 Å². The van der Waals surface area contributed by atoms with E-state index in [1.807, 2.05) is 70.8 Å². The lowest BCUT2D eigenvalue weighted by atomic mass is 9.80. The van der Waals surface area contributed by atoms with E-state index in [2.05, 4.69) is 55.4 Å². The minimum absolute atomic E-state index is 0.211. The van der Waals surface area contributed by atoms with E-state index >= 15 is 0 Å². The molecule has 0 N–H and O–H groups in total. The molecule has 2 aliphatic heterocycles. The number of carbonyl (C=O) groups excluding carboxylic acids is 2. The number of piperidine rings is 2. The van der Waals surface area contributed by atoms with Crippen LogP contribution in [0.15, 0.2) is 84.9 Å². The number of benzene rings is 3. The SMILES string of the molecule is CC1(C)CC(OC(=O)c2ccccc2C(=O)OC2CC(C)(C)N(OCc3ccccc3)C(C)(C)C2)CC(C)(C)N1OCc1ccccc1. The van der Waals surface area contributed by atoms with Crippen LogP contribution in [-0.4, -0.2) is 56.4 Å². The van der Waals surface area contributed by atoms with E-state index in [0.29, 0.717) is 38.9 Å². The minimum Gasteiger partial charge on any atom is -0.459 e. The summed E-state index contributed by atoms with van der Waals surface area (Å²) in [6.45, 7) is 17.7. The Labute approximate surface area is 286 Å². The average molecular weight is 657 g/mol. The molecule has 48 heavy (non-hydrogen) atoms. The van der Waals surface area contributed by atoms with Gasteiger partial charge in [0.05, 0.1) is 24.3 Å². The van der Waals surface area contributed by atoms with E-state index in [-0.39, 0.29) is 23.3 Å². The average Bonchev–Trinajstić information content (AvgIpc) is 2.99. The van der Waals surface area contributed by atoms with Crippen molar-refractivity contribution in [1.82, 2.24) is 10.1 Å². The number of rotatable bonds is 10. The maximum atomic E-state index is 13.7. The summed E-state index contributed by atoms with van der Waals surface area (Å²) in [6, 6.07) is 26.9. The van der Waals surface area contributed by atoms with Crippen molar-refractivity contribution in [2.45, 2.75) is 129 Å². The van der Waals surface area contributed by atoms with Gasteiger partial charge in [-0.3, -0.25) is 9.68 Å². The van der Waals surface area contributed by atoms with Crippen LogP contribution in [0.2, 0.25) is 0 Å². The highest BCUT2D eigenvalue weighted by Crippen LogP contribution is 2.42. The van der Waals surface area contributed by atoms with Crippen molar-refractivity contribution in [2.75, 3.05) is 0 Å². The van der Waals surface area contributed by atoms with Gasteiger partial charge in [-0.2, -0.15) is 10.1 Å². The topological polar surface area (TPSA) is 77.5 Å². The number of esters is 2. The van der Waals surface area contributed by atoms with Crippen molar-refractivity contribution >= 4 is 11.9 Å². The molecule has 0 amide bonds. The Morgan fingerprint density at radius 2 is 0.812 bits per heavy atom. The molecule has 0 radical (unpaired) electrons. The van der Waals surface area contributed by atoms with Gasteiger partial charge in [0, 0.05) is 47.8 Å². The highest BCUT2D eigenvalue weighted by molar-refractivity contribution is 6.03. The van der Waals surface area contributed by atoms with Crippen molar-refractivity contribution < 1.29 is 28.7 Å². The Kier molecular flexibility index (Phi) is 10.5. The normalized spacial score (nSPS) is 21.0. The summed E-state index contributed by atoms with van der Waals surface area (Å²) in [6.07, 6.45) is 1.61. The zero-order valence-electron chi connectivity index (χ0n) is 29.8. The Morgan fingerprint density at radius 1 is 0.521 bits per heavy atom. The van der Waals surface area contributed by atoms with Crippen molar-refractivity contribution in [3.8, 4) is 0 Å². The smallest absolute Gasteiger partial charge is 0.339 e. The lowest BCUT2D eigenvalue weighted by Crippen LogP contribution is -2.62. The number of carbonyl (C=O) groups is 2. The molecule has 2 saturated heterocycles. The number of nitrogens with zero attached hydrogens (tertiary/aromatic N) is 2. The van der Waals surface area contributed by atoms with Gasteiger partial charge in [-0.25, -0.2) is 9.59 Å². The maximum Gasteiger partial charge on any atom is 0.339 e. The van der Waals surface area contributed by atoms with E-state index in [1.165, 1.54) is 0 Å². The zero-order valence-corrected chi connectivity index (χ0v) is 29.8. The molecular formula is C40H52N2O6. The maximum absolute atomic E-state index is 13.7. The summed E-state index contributed by atoms with van der Waals surface area (Å²) < 4.78 is 12.3. The lowest BCUT2D eigenvalue weighted by Gasteiger charge is -2.53. The van der Waals surface area contributed by atoms with Gasteiger partial charge in [0.15, 0.2) is 0 Å². The predicted octanol–water partition coefficient (Wildman–Crippen LogP) is 8.31. The van der Waals surface area contributed by atoms with E-state index < -0.39 is 34.1 Å². The second kappa shape index (κ2) is 14.1. The Hall–Kier alpha value is -3.56. The molecule has 3 aromatic rings. The van der Waals surface area contributed by atoms with Crippen LogP contribution in [-0.2, 0) is 32.4 Å². The van der Waals surface area contributed by atoms with Crippen LogP contribution in [0.3, 0.4) is 0 Å². The van der Waals surface area contributed by atoms with Gasteiger partial charge in [0.25, 0.3) is 0 Å². The summed E-state index contributed by atoms with van der Waals surface area (Å²) >= 11 is 0. The molecule has 0 bridgehead atoms. The Balaban J connectivity index is 1.22. The quantitative estimate of drug-likeness (QED) is 0.202. The van der Waals surface area contributed by atoms with Gasteiger partial charge >= 0.3 is 11.9 Å². The van der Waals surface area contributed by atoms with Crippen LogP contribution in [0.25, 0.3) is 0 Å². The second-order valence-corrected chi connectivity index (χ2v) is 15.8. The fourth-order valence-corrected chi connectivity index (χ4v) is 7.90. The van der Waals surface area contributed by atoms with Crippen LogP contribution in [0.1, 0.15) is 113 Å². The van der Waals surface area contributed by atoms with Crippen LogP contribution in [0, 0.1) is 0 Å². The third-order valence-electron chi connectivity index (χ3n) is 9.43. The summed E-state index contributed by atoms with van der Waals surface area (Å²) in [5.41, 5.74) is 0.994. The van der Waals surface area contributed by atoms with E-state index in [4.69, 9.17) is 19.1 Å². The molecule has 258 valence electrons. The van der Waals surface area contributed by atoms with Gasteiger partial charge < -0.3 is 9.47 Å². The molecule has 5 rings (SSSR count). The molecule has 2 aliphatic rings. The summed E-state index contributed by atoms with van der Waals surface area (Å²) in [5, 5.41) is 4.09. The molecule has 0 spiro atoms. The molecular weight excluding hydrogens is 604 g/mol. The first kappa shape index (κ1) is 35.7. The molecule has 3 aromatic carbocycles. The van der Waals surface area contributed by atoms with Gasteiger partial charge in [-0.05, 0) is 78.6 Å². The van der Waals surface area contributed by atoms with Gasteiger partial charge in [0.2, 0.25) is 0 Å². The van der Waals surface area contributed by atoms with Gasteiger partial charge in [-0.1, -0.05) is 72.8 Å². The lowest BCUT2D eigenvalue weighted by molar-refractivity contribution is -0.298. The molecule has 0 atom stereocenters. The van der Waals surface area contributed by atoms with Crippen LogP contribution in [0.4, 0.5) is 0 Å². The minimum atomic E-state index is -0.525. The zero-order chi connectivity index (χ0) is 34.7. The molecule has 0 saturated carbocycles. The van der Waals surface area contributed by atoms with Crippen LogP contribution >= 0.6 is 0 Å². The van der Waals surface area contributed by atoms with Crippen molar-refractivity contribution in [3.05, 3.63) is 107 Å². The van der Waals surface area contributed by atoms with E-state index in [9.17, 15) is 9.59 Å². The molecule has 2 fully saturated rings. The monoisotopic (exact) mass is 656 g/mol. The summed E-state index contributed by atoms with van der Waals surface area (Å²) in [4.78, 5) is 40.1. The third-order valence-corrected chi connectivity index (χ3v) is 9.43. The Bertz CT molecular complexity index is 1400. The van der Waals surface area contributed by atoms with Crippen LogP contribution < -0.4 is 0 Å². The van der Waals surface area contributed by atoms with Gasteiger partial charge in [-0.15, -0.1) is 0 Å². The highest BCUT2D eigenvalue weighted by atomic mass is 16.7. The van der Waals surface area contributed by atoms with Crippen LogP contribution in [0.5, 0.6) is 0 Å². The number of hydroxylamine groups is 4. The third kappa shape index (κ3) is 8.35. The molecule has 2 heterocycles. The molecule has 0 aromatic heterocycles. The first-order valence-corrected chi connectivity index (χ1v) is 17.0. The molecule has 8 nitrogen and oxygen atoms in total. The molecule has 0 aliphatic carbocycles. The fourth-order valence-electron chi connectivity index (χ4n) is 7.90. The molecule has 8 heteroatoms. The second-order valence-electron chi connectivity index (χ2n) is 15.8. The van der Waals surface area contributed by atoms with E-state index in [0.717, 1.165) is 11.1 Å². The largest absolute Gasteiger partial charge is 0.459 e. The van der Waals surface area contributed by atoms with Crippen molar-refractivity contribution in [1.29, 1.82) is 0 Å². The predicted molar refractivity (Wildman–Crippen MR) is 186 cm³/mol. The standard InChI is InChI=1S/C40H52N2O6/c1-37(2)23-31(24-38(3,4)41(37)45-27-29-17-11-9-12-18-29)47-35(43)33-21-15-16-22-34(33)36(44)48-32-25-39(5,6)42(40(7,8)26-32)46-28-30-19-13-10-14-20-30/h9-22,31-32H,23-28H2,1-8H3. The summed E-state index contributed by atoms with van der Waals surface area (Å²) in [5.74, 6) is -1.05. The first-order valence-electron chi connectivity index (χ1n) is 17.0. The summed E-state index contributed by atoms with van der Waals surface area (Å²) in [7, 11) is 0. The number of ether oxygens (including phenoxy) is 2. The fraction of sp³-hybridized carbons (Fsp3) is 0.500. The molecule has 0 unspecified atom stereocenters. The van der Waals surface area contributed by atoms with Crippen molar-refractivity contribution in [2.24, 2.45) is 0 Å². The number of hydrogen-bond acceptors (Lipinski definition) is 8. The van der Waals surface area contributed by atoms with Crippen molar-refractivity contribution in [3.63, 3.8) is 0 Å². The number of hydrogen-bond donors (Lipinski definition) is 0. The Morgan fingerprint density at radius 3 is 1.12 bits per heavy atom. The van der Waals surface area contributed by atoms with E-state index in [1.54, 1.807) is 24.3 Å².